The number of benzene rings is 1. The zero-order valence-corrected chi connectivity index (χ0v) is 16.1. The van der Waals surface area contributed by atoms with Crippen LogP contribution >= 0.6 is 0 Å². The molecule has 2 N–H and O–H groups in total. The summed E-state index contributed by atoms with van der Waals surface area (Å²) in [5, 5.41) is 7.84. The first-order valence-corrected chi connectivity index (χ1v) is 9.99. The number of hydrogen-bond acceptors (Lipinski definition) is 6. The lowest BCUT2D eigenvalue weighted by Gasteiger charge is -2.17. The molecule has 1 aromatic heterocycles. The average molecular weight is 432 g/mol. The molecule has 0 aliphatic rings. The van der Waals surface area contributed by atoms with Crippen LogP contribution in [0, 0.1) is 0 Å². The number of nitrogens with one attached hydrogen (secondary N) is 1. The van der Waals surface area contributed by atoms with Crippen LogP contribution in [0.25, 0.3) is 0 Å². The highest BCUT2D eigenvalue weighted by Crippen LogP contribution is 2.31. The predicted octanol–water partition coefficient (Wildman–Crippen LogP) is 2.43. The van der Waals surface area contributed by atoms with Gasteiger partial charge < -0.3 is 9.84 Å². The monoisotopic (exact) mass is 432 g/mol. The highest BCUT2D eigenvalue weighted by Gasteiger charge is 2.32. The smallest absolute Gasteiger partial charge is 0.395 e. The molecule has 7 nitrogen and oxygen atoms in total. The van der Waals surface area contributed by atoms with E-state index in [-0.39, 0.29) is 17.7 Å². The van der Waals surface area contributed by atoms with Crippen molar-refractivity contribution in [1.82, 2.24) is 9.71 Å². The maximum Gasteiger partial charge on any atom is 0.416 e. The Morgan fingerprint density at radius 3 is 2.34 bits per heavy atom. The van der Waals surface area contributed by atoms with Crippen LogP contribution in [0.4, 0.5) is 13.2 Å². The second-order valence-electron chi connectivity index (χ2n) is 5.94. The number of alkyl halides is 3. The first-order valence-electron chi connectivity index (χ1n) is 8.45. The van der Waals surface area contributed by atoms with Gasteiger partial charge in [0.05, 0.1) is 30.0 Å². The van der Waals surface area contributed by atoms with Crippen molar-refractivity contribution in [2.75, 3.05) is 13.2 Å². The standard InChI is InChI=1S/C18H19F3N2O5S/c1-2-28-11-15-8-5-13(9-22-15)17(25)23-29(26,27)16(10-24)12-3-6-14(7-4-12)18(19,20)21/h3-9,16,24H,2,10-11H2,1H3,(H,23,25). The average Bonchev–Trinajstić information content (AvgIpc) is 2.66. The van der Waals surface area contributed by atoms with Crippen LogP contribution in [0.2, 0.25) is 0 Å². The number of aliphatic hydroxyl groups is 1. The molecule has 0 bridgehead atoms. The number of aromatic nitrogens is 1. The number of amides is 1. The lowest BCUT2D eigenvalue weighted by atomic mass is 10.1. The number of hydrogen-bond donors (Lipinski definition) is 2. The molecule has 0 saturated carbocycles. The maximum absolute atomic E-state index is 12.7. The lowest BCUT2D eigenvalue weighted by Crippen LogP contribution is -2.35. The predicted molar refractivity (Wildman–Crippen MR) is 97.2 cm³/mol. The van der Waals surface area contributed by atoms with E-state index < -0.39 is 39.5 Å². The van der Waals surface area contributed by atoms with E-state index in [4.69, 9.17) is 4.74 Å². The zero-order valence-electron chi connectivity index (χ0n) is 15.3. The Hall–Kier alpha value is -2.50. The molecular formula is C18H19F3N2O5S. The van der Waals surface area contributed by atoms with Gasteiger partial charge in [-0.2, -0.15) is 13.2 Å². The number of carbonyl (C=O) groups is 1. The highest BCUT2D eigenvalue weighted by atomic mass is 32.2. The molecule has 2 aromatic rings. The molecule has 29 heavy (non-hydrogen) atoms. The minimum absolute atomic E-state index is 0.0436. The van der Waals surface area contributed by atoms with Gasteiger partial charge in [-0.3, -0.25) is 9.78 Å². The number of rotatable bonds is 8. The molecular weight excluding hydrogens is 413 g/mol. The van der Waals surface area contributed by atoms with Crippen LogP contribution in [-0.4, -0.2) is 37.6 Å². The van der Waals surface area contributed by atoms with E-state index in [1.165, 1.54) is 18.3 Å². The summed E-state index contributed by atoms with van der Waals surface area (Å²) in [5.41, 5.74) is -0.550. The van der Waals surface area contributed by atoms with E-state index in [0.29, 0.717) is 24.4 Å². The molecule has 2 rings (SSSR count). The first-order chi connectivity index (χ1) is 13.6. The van der Waals surface area contributed by atoms with Crippen molar-refractivity contribution in [3.63, 3.8) is 0 Å². The van der Waals surface area contributed by atoms with Gasteiger partial charge >= 0.3 is 6.18 Å². The second-order valence-corrected chi connectivity index (χ2v) is 7.81. The quantitative estimate of drug-likeness (QED) is 0.664. The number of nitrogens with zero attached hydrogens (tertiary/aromatic N) is 1. The molecule has 0 saturated heterocycles. The van der Waals surface area contributed by atoms with Crippen molar-refractivity contribution in [1.29, 1.82) is 0 Å². The Morgan fingerprint density at radius 1 is 1.21 bits per heavy atom. The van der Waals surface area contributed by atoms with Crippen LogP contribution in [0.3, 0.4) is 0 Å². The Labute approximate surface area is 165 Å². The second kappa shape index (κ2) is 9.33. The van der Waals surface area contributed by atoms with Crippen LogP contribution in [0.5, 0.6) is 0 Å². The van der Waals surface area contributed by atoms with E-state index in [2.05, 4.69) is 4.98 Å². The third kappa shape index (κ3) is 5.99. The van der Waals surface area contributed by atoms with Gasteiger partial charge in [0, 0.05) is 12.8 Å². The van der Waals surface area contributed by atoms with Gasteiger partial charge in [0.1, 0.15) is 5.25 Å². The van der Waals surface area contributed by atoms with E-state index in [1.54, 1.807) is 6.92 Å². The van der Waals surface area contributed by atoms with Crippen molar-refractivity contribution in [3.05, 3.63) is 65.0 Å². The fraction of sp³-hybridized carbons (Fsp3) is 0.333. The minimum Gasteiger partial charge on any atom is -0.395 e. The lowest BCUT2D eigenvalue weighted by molar-refractivity contribution is -0.137. The summed E-state index contributed by atoms with van der Waals surface area (Å²) in [5.74, 6) is -0.981. The van der Waals surface area contributed by atoms with Crippen molar-refractivity contribution < 1.29 is 36.2 Å². The number of pyridine rings is 1. The highest BCUT2D eigenvalue weighted by molar-refractivity contribution is 7.90. The molecule has 0 radical (unpaired) electrons. The number of aliphatic hydroxyl groups excluding tert-OH is 1. The van der Waals surface area contributed by atoms with E-state index in [9.17, 15) is 31.5 Å². The molecule has 158 valence electrons. The summed E-state index contributed by atoms with van der Waals surface area (Å²) < 4.78 is 69.9. The van der Waals surface area contributed by atoms with Gasteiger partial charge in [-0.15, -0.1) is 0 Å². The van der Waals surface area contributed by atoms with Gasteiger partial charge in [0.2, 0.25) is 10.0 Å². The van der Waals surface area contributed by atoms with Gasteiger partial charge in [0.15, 0.2) is 0 Å². The number of sulfonamides is 1. The van der Waals surface area contributed by atoms with Gasteiger partial charge in [-0.1, -0.05) is 12.1 Å². The van der Waals surface area contributed by atoms with E-state index in [1.807, 2.05) is 4.72 Å². The third-order valence-electron chi connectivity index (χ3n) is 3.93. The maximum atomic E-state index is 12.7. The minimum atomic E-state index is -4.58. The summed E-state index contributed by atoms with van der Waals surface area (Å²) >= 11 is 0. The largest absolute Gasteiger partial charge is 0.416 e. The van der Waals surface area contributed by atoms with Crippen molar-refractivity contribution in [3.8, 4) is 0 Å². The topological polar surface area (TPSA) is 106 Å². The summed E-state index contributed by atoms with van der Waals surface area (Å²) in [6.45, 7) is 1.59. The van der Waals surface area contributed by atoms with Crippen LogP contribution in [0.15, 0.2) is 42.6 Å². The number of carbonyl (C=O) groups excluding carboxylic acids is 1. The number of halogens is 3. The van der Waals surface area contributed by atoms with Crippen LogP contribution < -0.4 is 4.72 Å². The Balaban J connectivity index is 2.16. The summed E-state index contributed by atoms with van der Waals surface area (Å²) in [6, 6.07) is 6.15. The Morgan fingerprint density at radius 2 is 1.86 bits per heavy atom. The normalized spacial score (nSPS) is 13.1. The van der Waals surface area contributed by atoms with Crippen molar-refractivity contribution in [2.45, 2.75) is 25.0 Å². The summed E-state index contributed by atoms with van der Waals surface area (Å²) in [7, 11) is -4.43. The molecule has 0 fully saturated rings. The van der Waals surface area contributed by atoms with Gasteiger partial charge in [-0.25, -0.2) is 13.1 Å². The number of ether oxygens (including phenoxy) is 1. The van der Waals surface area contributed by atoms with Crippen molar-refractivity contribution >= 4 is 15.9 Å². The summed E-state index contributed by atoms with van der Waals surface area (Å²) in [6.07, 6.45) is -3.41. The molecule has 0 aliphatic heterocycles. The molecule has 1 aromatic carbocycles. The SMILES string of the molecule is CCOCc1ccc(C(=O)NS(=O)(=O)C(CO)c2ccc(C(F)(F)F)cc2)cn1. The van der Waals surface area contributed by atoms with Gasteiger partial charge in [-0.05, 0) is 36.8 Å². The van der Waals surface area contributed by atoms with E-state index in [0.717, 1.165) is 12.1 Å². The Bertz CT molecular complexity index is 929. The molecule has 11 heteroatoms. The first kappa shape index (κ1) is 22.8. The van der Waals surface area contributed by atoms with Crippen LogP contribution in [-0.2, 0) is 27.5 Å². The van der Waals surface area contributed by atoms with E-state index >= 15 is 0 Å². The summed E-state index contributed by atoms with van der Waals surface area (Å²) in [4.78, 5) is 16.2. The van der Waals surface area contributed by atoms with Crippen LogP contribution in [0.1, 0.15) is 39.4 Å². The van der Waals surface area contributed by atoms with Crippen molar-refractivity contribution in [2.24, 2.45) is 0 Å². The molecule has 1 atom stereocenters. The fourth-order valence-corrected chi connectivity index (χ4v) is 3.61. The molecule has 0 aliphatic carbocycles. The molecule has 1 heterocycles. The zero-order chi connectivity index (χ0) is 21.7. The molecule has 1 amide bonds. The molecule has 0 spiro atoms. The third-order valence-corrected chi connectivity index (χ3v) is 5.57. The molecule has 1 unspecified atom stereocenters. The fourth-order valence-electron chi connectivity index (χ4n) is 2.38. The van der Waals surface area contributed by atoms with Gasteiger partial charge in [0.25, 0.3) is 5.91 Å². The Kier molecular flexibility index (Phi) is 7.33.